The van der Waals surface area contributed by atoms with Crippen molar-refractivity contribution < 1.29 is 9.53 Å². The number of aryl methyl sites for hydroxylation is 1. The van der Waals surface area contributed by atoms with E-state index in [2.05, 4.69) is 10.4 Å². The molecule has 7 nitrogen and oxygen atoms in total. The first-order chi connectivity index (χ1) is 12.1. The highest BCUT2D eigenvalue weighted by Gasteiger charge is 2.21. The first kappa shape index (κ1) is 17.4. The first-order valence-corrected chi connectivity index (χ1v) is 8.36. The van der Waals surface area contributed by atoms with Crippen LogP contribution in [0.15, 0.2) is 35.3 Å². The number of hydrogen-bond donors (Lipinski definition) is 1. The zero-order valence-corrected chi connectivity index (χ0v) is 14.6. The van der Waals surface area contributed by atoms with Crippen molar-refractivity contribution in [3.63, 3.8) is 0 Å². The maximum Gasteiger partial charge on any atom is 0.292 e. The number of amides is 1. The molecule has 1 saturated heterocycles. The van der Waals surface area contributed by atoms with Crippen molar-refractivity contribution in [2.45, 2.75) is 6.42 Å². The Morgan fingerprint density at radius 3 is 2.76 bits per heavy atom. The monoisotopic (exact) mass is 362 g/mol. The topological polar surface area (TPSA) is 76.5 Å². The van der Waals surface area contributed by atoms with Crippen LogP contribution >= 0.6 is 11.6 Å². The fraction of sp³-hybridized carbons (Fsp3) is 0.353. The average Bonchev–Trinajstić information content (AvgIpc) is 2.61. The molecule has 1 amide bonds. The van der Waals surface area contributed by atoms with Crippen molar-refractivity contribution in [3.8, 4) is 0 Å². The van der Waals surface area contributed by atoms with Crippen molar-refractivity contribution in [3.05, 3.63) is 51.4 Å². The second kappa shape index (κ2) is 7.67. The molecule has 1 aromatic heterocycles. The van der Waals surface area contributed by atoms with Crippen LogP contribution in [-0.2, 0) is 23.0 Å². The quantitative estimate of drug-likeness (QED) is 0.891. The summed E-state index contributed by atoms with van der Waals surface area (Å²) in [7, 11) is 1.58. The maximum absolute atomic E-state index is 12.5. The maximum atomic E-state index is 12.5. The Bertz CT molecular complexity index is 831. The minimum atomic E-state index is -0.252. The normalized spacial score (nSPS) is 14.4. The van der Waals surface area contributed by atoms with Crippen molar-refractivity contribution in [2.24, 2.45) is 7.05 Å². The Morgan fingerprint density at radius 1 is 1.32 bits per heavy atom. The van der Waals surface area contributed by atoms with Crippen LogP contribution in [0.4, 0.5) is 11.4 Å². The number of halogens is 1. The lowest BCUT2D eigenvalue weighted by Crippen LogP contribution is -2.41. The van der Waals surface area contributed by atoms with Crippen LogP contribution in [0.3, 0.4) is 0 Å². The molecule has 1 aromatic carbocycles. The lowest BCUT2D eigenvalue weighted by Gasteiger charge is -2.29. The van der Waals surface area contributed by atoms with Gasteiger partial charge in [0.2, 0.25) is 5.91 Å². The first-order valence-electron chi connectivity index (χ1n) is 7.98. The average molecular weight is 363 g/mol. The summed E-state index contributed by atoms with van der Waals surface area (Å²) in [6.07, 6.45) is 1.62. The van der Waals surface area contributed by atoms with Gasteiger partial charge in [-0.1, -0.05) is 29.8 Å². The van der Waals surface area contributed by atoms with E-state index in [0.717, 1.165) is 5.56 Å². The number of anilines is 2. The van der Waals surface area contributed by atoms with E-state index >= 15 is 0 Å². The molecule has 25 heavy (non-hydrogen) atoms. The van der Waals surface area contributed by atoms with Crippen molar-refractivity contribution in [1.82, 2.24) is 9.78 Å². The number of nitrogens with zero attached hydrogens (tertiary/aromatic N) is 3. The molecule has 1 aliphatic rings. The van der Waals surface area contributed by atoms with Gasteiger partial charge in [-0.25, -0.2) is 4.68 Å². The Labute approximate surface area is 150 Å². The summed E-state index contributed by atoms with van der Waals surface area (Å²) in [5.41, 5.74) is 1.32. The molecule has 0 unspecified atom stereocenters. The van der Waals surface area contributed by atoms with Gasteiger partial charge in [0.1, 0.15) is 5.69 Å². The van der Waals surface area contributed by atoms with Gasteiger partial charge in [-0.15, -0.1) is 0 Å². The molecule has 0 aliphatic carbocycles. The minimum Gasteiger partial charge on any atom is -0.378 e. The number of nitrogens with one attached hydrogen (secondary N) is 1. The summed E-state index contributed by atoms with van der Waals surface area (Å²) in [5.74, 6) is -0.252. The predicted molar refractivity (Wildman–Crippen MR) is 96.3 cm³/mol. The SMILES string of the molecule is Cn1ncc(NC(=O)Cc2ccccc2Cl)c(N2CCOCC2)c1=O. The van der Waals surface area contributed by atoms with Crippen molar-refractivity contribution >= 4 is 28.9 Å². The van der Waals surface area contributed by atoms with Crippen LogP contribution in [0.2, 0.25) is 5.02 Å². The number of morpholine rings is 1. The third kappa shape index (κ3) is 4.00. The van der Waals surface area contributed by atoms with E-state index in [0.29, 0.717) is 42.7 Å². The van der Waals surface area contributed by atoms with Crippen LogP contribution in [0, 0.1) is 0 Å². The number of carbonyl (C=O) groups excluding carboxylic acids is 1. The minimum absolute atomic E-state index is 0.122. The summed E-state index contributed by atoms with van der Waals surface area (Å²) < 4.78 is 6.59. The van der Waals surface area contributed by atoms with E-state index in [-0.39, 0.29) is 17.9 Å². The Balaban J connectivity index is 1.84. The zero-order chi connectivity index (χ0) is 17.8. The second-order valence-corrected chi connectivity index (χ2v) is 6.16. The number of rotatable bonds is 4. The summed E-state index contributed by atoms with van der Waals surface area (Å²) in [6.45, 7) is 2.26. The zero-order valence-electron chi connectivity index (χ0n) is 13.9. The molecular formula is C17H19ClN4O3. The van der Waals surface area contributed by atoms with Crippen LogP contribution in [0.5, 0.6) is 0 Å². The van der Waals surface area contributed by atoms with Gasteiger partial charge in [-0.2, -0.15) is 5.10 Å². The molecule has 0 bridgehead atoms. The van der Waals surface area contributed by atoms with E-state index in [1.165, 1.54) is 10.9 Å². The lowest BCUT2D eigenvalue weighted by atomic mass is 10.1. The molecule has 1 N–H and O–H groups in total. The largest absolute Gasteiger partial charge is 0.378 e. The van der Waals surface area contributed by atoms with E-state index in [1.807, 2.05) is 17.0 Å². The number of benzene rings is 1. The number of carbonyl (C=O) groups is 1. The Hall–Kier alpha value is -2.38. The molecule has 1 aliphatic heterocycles. The molecule has 8 heteroatoms. The van der Waals surface area contributed by atoms with Gasteiger partial charge in [-0.3, -0.25) is 9.59 Å². The summed E-state index contributed by atoms with van der Waals surface area (Å²) in [5, 5.41) is 7.35. The summed E-state index contributed by atoms with van der Waals surface area (Å²) in [6, 6.07) is 7.18. The smallest absolute Gasteiger partial charge is 0.292 e. The molecule has 1 fully saturated rings. The molecule has 0 atom stereocenters. The van der Waals surface area contributed by atoms with Gasteiger partial charge >= 0.3 is 0 Å². The van der Waals surface area contributed by atoms with Gasteiger partial charge < -0.3 is 15.0 Å². The van der Waals surface area contributed by atoms with Crippen LogP contribution in [0.25, 0.3) is 0 Å². The lowest BCUT2D eigenvalue weighted by molar-refractivity contribution is -0.115. The molecule has 0 radical (unpaired) electrons. The molecule has 0 saturated carbocycles. The summed E-state index contributed by atoms with van der Waals surface area (Å²) >= 11 is 6.10. The number of ether oxygens (including phenoxy) is 1. The highest BCUT2D eigenvalue weighted by atomic mass is 35.5. The molecule has 2 heterocycles. The van der Waals surface area contributed by atoms with E-state index in [1.54, 1.807) is 19.2 Å². The van der Waals surface area contributed by atoms with Crippen molar-refractivity contribution in [2.75, 3.05) is 36.5 Å². The predicted octanol–water partition coefficient (Wildman–Crippen LogP) is 1.45. The third-order valence-corrected chi connectivity index (χ3v) is 4.39. The van der Waals surface area contributed by atoms with Gasteiger partial charge in [0, 0.05) is 25.2 Å². The van der Waals surface area contributed by atoms with Gasteiger partial charge in [0.15, 0.2) is 0 Å². The van der Waals surface area contributed by atoms with E-state index < -0.39 is 0 Å². The molecule has 3 rings (SSSR count). The molecular weight excluding hydrogens is 344 g/mol. The Morgan fingerprint density at radius 2 is 2.04 bits per heavy atom. The van der Waals surface area contributed by atoms with Gasteiger partial charge in [0.05, 0.1) is 31.5 Å². The molecule has 0 spiro atoms. The van der Waals surface area contributed by atoms with Crippen LogP contribution < -0.4 is 15.8 Å². The summed E-state index contributed by atoms with van der Waals surface area (Å²) in [4.78, 5) is 26.9. The Kier molecular flexibility index (Phi) is 5.35. The fourth-order valence-electron chi connectivity index (χ4n) is 2.72. The number of hydrogen-bond acceptors (Lipinski definition) is 5. The van der Waals surface area contributed by atoms with E-state index in [4.69, 9.17) is 16.3 Å². The molecule has 2 aromatic rings. The standard InChI is InChI=1S/C17H19ClN4O3/c1-21-17(24)16(22-6-8-25-9-7-22)14(11-19-21)20-15(23)10-12-4-2-3-5-13(12)18/h2-5,11H,6-10H2,1H3,(H,20,23). The highest BCUT2D eigenvalue weighted by molar-refractivity contribution is 6.31. The molecule has 132 valence electrons. The van der Waals surface area contributed by atoms with Crippen LogP contribution in [0.1, 0.15) is 5.56 Å². The highest BCUT2D eigenvalue weighted by Crippen LogP contribution is 2.22. The second-order valence-electron chi connectivity index (χ2n) is 5.75. The third-order valence-electron chi connectivity index (χ3n) is 4.02. The van der Waals surface area contributed by atoms with Crippen molar-refractivity contribution in [1.29, 1.82) is 0 Å². The van der Waals surface area contributed by atoms with E-state index in [9.17, 15) is 9.59 Å². The fourth-order valence-corrected chi connectivity index (χ4v) is 2.92. The van der Waals surface area contributed by atoms with Crippen LogP contribution in [-0.4, -0.2) is 42.0 Å². The van der Waals surface area contributed by atoms with Gasteiger partial charge in [-0.05, 0) is 11.6 Å². The number of aromatic nitrogens is 2. The van der Waals surface area contributed by atoms with Gasteiger partial charge in [0.25, 0.3) is 5.56 Å².